The number of nitrogens with one attached hydrogen (secondary N) is 1. The van der Waals surface area contributed by atoms with Gasteiger partial charge in [0, 0.05) is 29.3 Å². The zero-order valence-corrected chi connectivity index (χ0v) is 16.8. The summed E-state index contributed by atoms with van der Waals surface area (Å²) in [6.07, 6.45) is 0. The molecule has 0 aliphatic heterocycles. The van der Waals surface area contributed by atoms with Crippen LogP contribution in [0.3, 0.4) is 0 Å². The maximum absolute atomic E-state index is 12.8. The third-order valence-electron chi connectivity index (χ3n) is 3.61. The molecule has 0 radical (unpaired) electrons. The Hall–Kier alpha value is -1.62. The van der Waals surface area contributed by atoms with Gasteiger partial charge in [-0.25, -0.2) is 13.2 Å². The van der Waals surface area contributed by atoms with Gasteiger partial charge in [-0.15, -0.1) is 0 Å². The minimum atomic E-state index is -4.06. The molecule has 0 aliphatic rings. The van der Waals surface area contributed by atoms with Crippen LogP contribution in [0.25, 0.3) is 0 Å². The zero-order chi connectivity index (χ0) is 18.9. The van der Waals surface area contributed by atoms with Gasteiger partial charge >= 0.3 is 5.97 Å². The fourth-order valence-electron chi connectivity index (χ4n) is 2.16. The van der Waals surface area contributed by atoms with E-state index in [0.29, 0.717) is 5.56 Å². The molecule has 0 fully saturated rings. The fourth-order valence-corrected chi connectivity index (χ4v) is 4.63. The van der Waals surface area contributed by atoms with Crippen molar-refractivity contribution in [3.05, 3.63) is 38.4 Å². The molecule has 0 unspecified atom stereocenters. The molecule has 0 amide bonds. The Bertz CT molecular complexity index is 943. The zero-order valence-electron chi connectivity index (χ0n) is 13.6. The van der Waals surface area contributed by atoms with Crippen molar-refractivity contribution >= 4 is 49.3 Å². The van der Waals surface area contributed by atoms with E-state index in [4.69, 9.17) is 17.3 Å². The number of aryl methyl sites for hydroxylation is 1. The van der Waals surface area contributed by atoms with E-state index in [9.17, 15) is 13.2 Å². The summed E-state index contributed by atoms with van der Waals surface area (Å²) in [6, 6.07) is 2.45. The minimum Gasteiger partial charge on any atom is -0.465 e. The molecule has 136 valence electrons. The Balaban J connectivity index is 2.54. The molecule has 11 heteroatoms. The highest BCUT2D eigenvalue weighted by molar-refractivity contribution is 9.10. The molecule has 0 saturated carbocycles. The summed E-state index contributed by atoms with van der Waals surface area (Å²) in [5, 5.41) is 4.19. The van der Waals surface area contributed by atoms with Crippen LogP contribution in [0, 0.1) is 6.92 Å². The number of rotatable bonds is 5. The molecule has 0 bridgehead atoms. The highest BCUT2D eigenvalue weighted by Gasteiger charge is 2.25. The van der Waals surface area contributed by atoms with Gasteiger partial charge in [0.1, 0.15) is 4.90 Å². The second kappa shape index (κ2) is 7.32. The van der Waals surface area contributed by atoms with Gasteiger partial charge in [-0.05, 0) is 35.0 Å². The number of hydrogen-bond donors (Lipinski definition) is 2. The van der Waals surface area contributed by atoms with Crippen LogP contribution in [-0.4, -0.2) is 31.3 Å². The molecule has 0 aliphatic carbocycles. The fraction of sp³-hybridized carbons (Fsp3) is 0.286. The molecule has 0 spiro atoms. The van der Waals surface area contributed by atoms with E-state index in [2.05, 4.69) is 30.5 Å². The summed E-state index contributed by atoms with van der Waals surface area (Å²) in [7, 11) is -1.20. The van der Waals surface area contributed by atoms with Crippen LogP contribution < -0.4 is 10.5 Å². The topological polar surface area (TPSA) is 116 Å². The first-order chi connectivity index (χ1) is 11.6. The van der Waals surface area contributed by atoms with Crippen molar-refractivity contribution < 1.29 is 17.9 Å². The number of nitrogens with two attached hydrogens (primary N) is 1. The average Bonchev–Trinajstić information content (AvgIpc) is 2.79. The third-order valence-corrected chi connectivity index (χ3v) is 6.22. The Labute approximate surface area is 158 Å². The van der Waals surface area contributed by atoms with Crippen LogP contribution in [0.15, 0.2) is 21.5 Å². The lowest BCUT2D eigenvalue weighted by atomic mass is 10.2. The summed E-state index contributed by atoms with van der Waals surface area (Å²) < 4.78 is 34.2. The summed E-state index contributed by atoms with van der Waals surface area (Å²) in [4.78, 5) is 11.6. The largest absolute Gasteiger partial charge is 0.465 e. The number of ether oxygens (including phenoxy) is 1. The van der Waals surface area contributed by atoms with Gasteiger partial charge in [0.05, 0.1) is 17.7 Å². The maximum Gasteiger partial charge on any atom is 0.339 e. The van der Waals surface area contributed by atoms with Gasteiger partial charge in [0.2, 0.25) is 0 Å². The number of anilines is 1. The van der Waals surface area contributed by atoms with Crippen LogP contribution in [0.5, 0.6) is 0 Å². The molecule has 1 aromatic heterocycles. The number of esters is 1. The SMILES string of the molecule is COC(=O)c1cc(S(=O)(=O)Nc2nn(C)c(C)c2CN)c(Br)cc1Cl. The van der Waals surface area contributed by atoms with E-state index in [1.165, 1.54) is 17.9 Å². The Morgan fingerprint density at radius 3 is 2.68 bits per heavy atom. The first kappa shape index (κ1) is 19.7. The van der Waals surface area contributed by atoms with Crippen molar-refractivity contribution in [2.75, 3.05) is 11.8 Å². The van der Waals surface area contributed by atoms with Gasteiger partial charge in [-0.3, -0.25) is 9.40 Å². The lowest BCUT2D eigenvalue weighted by molar-refractivity contribution is 0.0600. The van der Waals surface area contributed by atoms with Gasteiger partial charge in [-0.2, -0.15) is 5.10 Å². The third kappa shape index (κ3) is 3.81. The standard InChI is InChI=1S/C14H16BrClN4O4S/c1-7-9(6-17)13(18-20(7)2)19-25(22,23)12-4-8(14(21)24-3)11(16)5-10(12)15/h4-5H,6,17H2,1-3H3,(H,18,19). The van der Waals surface area contributed by atoms with Crippen LogP contribution in [0.4, 0.5) is 5.82 Å². The van der Waals surface area contributed by atoms with E-state index in [1.807, 2.05) is 0 Å². The van der Waals surface area contributed by atoms with Crippen LogP contribution in [-0.2, 0) is 28.4 Å². The number of carbonyl (C=O) groups is 1. The molecule has 25 heavy (non-hydrogen) atoms. The summed E-state index contributed by atoms with van der Waals surface area (Å²) >= 11 is 9.13. The number of hydrogen-bond acceptors (Lipinski definition) is 6. The van der Waals surface area contributed by atoms with Gasteiger partial charge in [-0.1, -0.05) is 11.6 Å². The molecule has 3 N–H and O–H groups in total. The maximum atomic E-state index is 12.8. The van der Waals surface area contributed by atoms with E-state index in [-0.39, 0.29) is 32.3 Å². The first-order valence-electron chi connectivity index (χ1n) is 6.95. The predicted octanol–water partition coefficient (Wildman–Crippen LogP) is 2.19. The number of sulfonamides is 1. The molecular weight excluding hydrogens is 436 g/mol. The summed E-state index contributed by atoms with van der Waals surface area (Å²) in [5.74, 6) is -0.616. The number of halogens is 2. The first-order valence-corrected chi connectivity index (χ1v) is 9.60. The predicted molar refractivity (Wildman–Crippen MR) is 97.1 cm³/mol. The van der Waals surface area contributed by atoms with Crippen LogP contribution >= 0.6 is 27.5 Å². The van der Waals surface area contributed by atoms with E-state index in [0.717, 1.165) is 11.8 Å². The second-order valence-electron chi connectivity index (χ2n) is 5.10. The summed E-state index contributed by atoms with van der Waals surface area (Å²) in [5.41, 5.74) is 6.93. The van der Waals surface area contributed by atoms with Crippen molar-refractivity contribution in [3.63, 3.8) is 0 Å². The van der Waals surface area contributed by atoms with Gasteiger partial charge in [0.15, 0.2) is 5.82 Å². The molecule has 1 aromatic carbocycles. The molecular formula is C14H16BrClN4O4S. The Morgan fingerprint density at radius 2 is 2.12 bits per heavy atom. The van der Waals surface area contributed by atoms with Gasteiger partial charge in [0.25, 0.3) is 10.0 Å². The number of methoxy groups -OCH3 is 1. The second-order valence-corrected chi connectivity index (χ2v) is 8.01. The number of benzene rings is 1. The highest BCUT2D eigenvalue weighted by Crippen LogP contribution is 2.31. The van der Waals surface area contributed by atoms with Crippen molar-refractivity contribution in [2.24, 2.45) is 12.8 Å². The van der Waals surface area contributed by atoms with Crippen molar-refractivity contribution in [1.29, 1.82) is 0 Å². The number of aromatic nitrogens is 2. The Morgan fingerprint density at radius 1 is 1.48 bits per heavy atom. The normalized spacial score (nSPS) is 11.4. The minimum absolute atomic E-state index is 0.0639. The van der Waals surface area contributed by atoms with Crippen molar-refractivity contribution in [2.45, 2.75) is 18.4 Å². The Kier molecular flexibility index (Phi) is 5.77. The molecule has 0 atom stereocenters. The van der Waals surface area contributed by atoms with Crippen molar-refractivity contribution in [3.8, 4) is 0 Å². The monoisotopic (exact) mass is 450 g/mol. The number of carbonyl (C=O) groups excluding carboxylic acids is 1. The lowest BCUT2D eigenvalue weighted by Crippen LogP contribution is -2.17. The molecule has 2 aromatic rings. The van der Waals surface area contributed by atoms with E-state index < -0.39 is 16.0 Å². The van der Waals surface area contributed by atoms with E-state index in [1.54, 1.807) is 14.0 Å². The average molecular weight is 452 g/mol. The smallest absolute Gasteiger partial charge is 0.339 e. The lowest BCUT2D eigenvalue weighted by Gasteiger charge is -2.11. The van der Waals surface area contributed by atoms with Crippen LogP contribution in [0.2, 0.25) is 5.02 Å². The van der Waals surface area contributed by atoms with E-state index >= 15 is 0 Å². The van der Waals surface area contributed by atoms with Gasteiger partial charge < -0.3 is 10.5 Å². The number of nitrogens with zero attached hydrogens (tertiary/aromatic N) is 2. The quantitative estimate of drug-likeness (QED) is 0.673. The molecule has 2 rings (SSSR count). The molecule has 1 heterocycles. The van der Waals surface area contributed by atoms with Crippen LogP contribution in [0.1, 0.15) is 21.6 Å². The molecule has 0 saturated heterocycles. The summed E-state index contributed by atoms with van der Waals surface area (Å²) in [6.45, 7) is 1.90. The highest BCUT2D eigenvalue weighted by atomic mass is 79.9. The molecule has 8 nitrogen and oxygen atoms in total. The van der Waals surface area contributed by atoms with Crippen molar-refractivity contribution in [1.82, 2.24) is 9.78 Å².